The van der Waals surface area contributed by atoms with E-state index in [0.29, 0.717) is 6.61 Å². The van der Waals surface area contributed by atoms with Crippen LogP contribution in [0.1, 0.15) is 25.3 Å². The fourth-order valence-corrected chi connectivity index (χ4v) is 3.01. The minimum Gasteiger partial charge on any atom is -0.492 e. The largest absolute Gasteiger partial charge is 0.492 e. The van der Waals surface area contributed by atoms with Gasteiger partial charge in [-0.05, 0) is 68.8 Å². The lowest BCUT2D eigenvalue weighted by molar-refractivity contribution is 0.238. The molecule has 0 unspecified atom stereocenters. The van der Waals surface area contributed by atoms with Crippen LogP contribution in [0.4, 0.5) is 0 Å². The number of hydrogen-bond donors (Lipinski definition) is 0. The van der Waals surface area contributed by atoms with E-state index in [2.05, 4.69) is 4.90 Å². The first-order valence-corrected chi connectivity index (χ1v) is 8.57. The summed E-state index contributed by atoms with van der Waals surface area (Å²) in [6, 6.07) is 11.3. The fraction of sp³-hybridized carbons (Fsp3) is 0.350. The molecule has 0 amide bonds. The van der Waals surface area contributed by atoms with Gasteiger partial charge in [-0.15, -0.1) is 0 Å². The summed E-state index contributed by atoms with van der Waals surface area (Å²) in [5.41, 5.74) is 1.73. The van der Waals surface area contributed by atoms with Gasteiger partial charge in [0.2, 0.25) is 0 Å². The van der Waals surface area contributed by atoms with Gasteiger partial charge < -0.3 is 4.74 Å². The predicted molar refractivity (Wildman–Crippen MR) is 97.9 cm³/mol. The van der Waals surface area contributed by atoms with Crippen molar-refractivity contribution in [3.8, 4) is 11.4 Å². The summed E-state index contributed by atoms with van der Waals surface area (Å²) in [7, 11) is 0. The van der Waals surface area contributed by atoms with Crippen LogP contribution in [0.25, 0.3) is 11.8 Å². The summed E-state index contributed by atoms with van der Waals surface area (Å²) in [5.74, 6) is 0.844. The molecular weight excluding hydrogens is 300 g/mol. The molecule has 1 saturated heterocycles. The maximum atomic E-state index is 12.2. The zero-order valence-corrected chi connectivity index (χ0v) is 14.1. The van der Waals surface area contributed by atoms with Crippen molar-refractivity contribution in [2.24, 2.45) is 0 Å². The molecule has 1 aromatic heterocycles. The topological polar surface area (TPSA) is 34.5 Å². The van der Waals surface area contributed by atoms with Gasteiger partial charge in [-0.2, -0.15) is 0 Å². The van der Waals surface area contributed by atoms with Crippen molar-refractivity contribution in [3.63, 3.8) is 0 Å². The Kier molecular flexibility index (Phi) is 5.49. The molecule has 1 aromatic carbocycles. The molecule has 0 atom stereocenters. The van der Waals surface area contributed by atoms with Gasteiger partial charge in [0.15, 0.2) is 0 Å². The normalized spacial score (nSPS) is 15.2. The van der Waals surface area contributed by atoms with Crippen LogP contribution in [0.5, 0.6) is 5.75 Å². The fourth-order valence-electron chi connectivity index (χ4n) is 3.01. The molecule has 0 radical (unpaired) electrons. The van der Waals surface area contributed by atoms with E-state index < -0.39 is 0 Å². The van der Waals surface area contributed by atoms with Crippen LogP contribution in [0, 0.1) is 0 Å². The van der Waals surface area contributed by atoms with Gasteiger partial charge in [0.1, 0.15) is 12.4 Å². The molecule has 0 saturated carbocycles. The third kappa shape index (κ3) is 4.15. The monoisotopic (exact) mass is 324 g/mol. The minimum absolute atomic E-state index is 0.0340. The Morgan fingerprint density at radius 1 is 1.12 bits per heavy atom. The lowest BCUT2D eigenvalue weighted by Crippen LogP contribution is -2.25. The van der Waals surface area contributed by atoms with Crippen molar-refractivity contribution in [2.45, 2.75) is 19.8 Å². The van der Waals surface area contributed by atoms with Gasteiger partial charge in [0, 0.05) is 24.5 Å². The number of likely N-dealkylation sites (tertiary alicyclic amines) is 1. The lowest BCUT2D eigenvalue weighted by atomic mass is 10.2. The van der Waals surface area contributed by atoms with Gasteiger partial charge in [-0.3, -0.25) is 14.3 Å². The molecule has 2 heterocycles. The van der Waals surface area contributed by atoms with E-state index in [1.54, 1.807) is 16.8 Å². The molecule has 3 rings (SSSR count). The third-order valence-electron chi connectivity index (χ3n) is 4.29. The maximum absolute atomic E-state index is 12.2. The highest BCUT2D eigenvalue weighted by atomic mass is 16.5. The molecule has 4 heteroatoms. The molecule has 0 spiro atoms. The quantitative estimate of drug-likeness (QED) is 0.817. The first-order valence-electron chi connectivity index (χ1n) is 8.57. The van der Waals surface area contributed by atoms with Crippen LogP contribution < -0.4 is 10.3 Å². The number of aromatic nitrogens is 1. The molecule has 1 aliphatic heterocycles. The molecule has 2 aromatic rings. The summed E-state index contributed by atoms with van der Waals surface area (Å²) in [5, 5.41) is 0. The van der Waals surface area contributed by atoms with Crippen molar-refractivity contribution < 1.29 is 4.74 Å². The zero-order valence-electron chi connectivity index (χ0n) is 14.1. The second-order valence-corrected chi connectivity index (χ2v) is 6.06. The van der Waals surface area contributed by atoms with Gasteiger partial charge in [0.05, 0.1) is 0 Å². The number of benzene rings is 1. The molecule has 0 N–H and O–H groups in total. The average Bonchev–Trinajstić information content (AvgIpc) is 3.10. The first-order chi connectivity index (χ1) is 11.8. The zero-order chi connectivity index (χ0) is 16.8. The molecule has 0 bridgehead atoms. The Labute approximate surface area is 143 Å². The van der Waals surface area contributed by atoms with Crippen LogP contribution in [0.15, 0.2) is 53.5 Å². The molecule has 24 heavy (non-hydrogen) atoms. The average molecular weight is 324 g/mol. The summed E-state index contributed by atoms with van der Waals surface area (Å²) >= 11 is 0. The van der Waals surface area contributed by atoms with Gasteiger partial charge in [0.25, 0.3) is 5.56 Å². The van der Waals surface area contributed by atoms with Crippen molar-refractivity contribution in [1.82, 2.24) is 9.47 Å². The van der Waals surface area contributed by atoms with Crippen molar-refractivity contribution >= 4 is 6.08 Å². The number of pyridine rings is 1. The van der Waals surface area contributed by atoms with Crippen LogP contribution >= 0.6 is 0 Å². The highest BCUT2D eigenvalue weighted by molar-refractivity contribution is 5.48. The summed E-state index contributed by atoms with van der Waals surface area (Å²) in [6.45, 7) is 6.00. The molecule has 1 fully saturated rings. The lowest BCUT2D eigenvalue weighted by Gasteiger charge is -2.15. The number of hydrogen-bond acceptors (Lipinski definition) is 3. The van der Waals surface area contributed by atoms with E-state index >= 15 is 0 Å². The second-order valence-electron chi connectivity index (χ2n) is 6.06. The molecule has 0 aliphatic carbocycles. The minimum atomic E-state index is -0.0340. The standard InChI is InChI=1S/C20H24N2O2/c1-2-5-17-10-13-22(20(23)16-17)18-6-8-19(9-7-18)24-15-14-21-11-3-4-12-21/h2,5-10,13,16H,3-4,11-12,14-15H2,1H3/b5-2+. The Bertz CT molecular complexity index is 741. The highest BCUT2D eigenvalue weighted by Gasteiger charge is 2.10. The van der Waals surface area contributed by atoms with Gasteiger partial charge >= 0.3 is 0 Å². The van der Waals surface area contributed by atoms with E-state index in [4.69, 9.17) is 4.74 Å². The number of nitrogens with zero attached hydrogens (tertiary/aromatic N) is 2. The van der Waals surface area contributed by atoms with E-state index in [1.807, 2.05) is 49.4 Å². The molecule has 126 valence electrons. The predicted octanol–water partition coefficient (Wildman–Crippen LogP) is 3.35. The molecule has 4 nitrogen and oxygen atoms in total. The Morgan fingerprint density at radius 2 is 1.88 bits per heavy atom. The number of ether oxygens (including phenoxy) is 1. The van der Waals surface area contributed by atoms with E-state index in [-0.39, 0.29) is 5.56 Å². The second kappa shape index (κ2) is 7.97. The Morgan fingerprint density at radius 3 is 2.54 bits per heavy atom. The van der Waals surface area contributed by atoms with Gasteiger partial charge in [-0.1, -0.05) is 12.2 Å². The number of allylic oxidation sites excluding steroid dienone is 1. The smallest absolute Gasteiger partial charge is 0.255 e. The Hall–Kier alpha value is -2.33. The van der Waals surface area contributed by atoms with Crippen molar-refractivity contribution in [3.05, 3.63) is 64.6 Å². The van der Waals surface area contributed by atoms with Gasteiger partial charge in [-0.25, -0.2) is 0 Å². The molecular formula is C20H24N2O2. The van der Waals surface area contributed by atoms with E-state index in [1.165, 1.54) is 25.9 Å². The molecule has 1 aliphatic rings. The Balaban J connectivity index is 1.62. The summed E-state index contributed by atoms with van der Waals surface area (Å²) < 4.78 is 7.44. The van der Waals surface area contributed by atoms with Crippen LogP contribution in [0.2, 0.25) is 0 Å². The maximum Gasteiger partial charge on any atom is 0.255 e. The van der Waals surface area contributed by atoms with Crippen LogP contribution in [0.3, 0.4) is 0 Å². The van der Waals surface area contributed by atoms with E-state index in [0.717, 1.165) is 23.5 Å². The van der Waals surface area contributed by atoms with Crippen molar-refractivity contribution in [1.29, 1.82) is 0 Å². The summed E-state index contributed by atoms with van der Waals surface area (Å²) in [6.07, 6.45) is 8.25. The van der Waals surface area contributed by atoms with Crippen LogP contribution in [-0.2, 0) is 0 Å². The number of rotatable bonds is 6. The first kappa shape index (κ1) is 16.5. The van der Waals surface area contributed by atoms with E-state index in [9.17, 15) is 4.79 Å². The highest BCUT2D eigenvalue weighted by Crippen LogP contribution is 2.15. The van der Waals surface area contributed by atoms with Crippen molar-refractivity contribution in [2.75, 3.05) is 26.2 Å². The SMILES string of the molecule is C/C=C/c1ccn(-c2ccc(OCCN3CCCC3)cc2)c(=O)c1. The summed E-state index contributed by atoms with van der Waals surface area (Å²) in [4.78, 5) is 14.6. The van der Waals surface area contributed by atoms with Crippen LogP contribution in [-0.4, -0.2) is 35.7 Å². The third-order valence-corrected chi connectivity index (χ3v) is 4.29.